The SMILES string of the molecule is CCC(=O)N(C)C1CCCNC1. The van der Waals surface area contributed by atoms with Gasteiger partial charge in [0.15, 0.2) is 0 Å². The summed E-state index contributed by atoms with van der Waals surface area (Å²) in [5.41, 5.74) is 0. The summed E-state index contributed by atoms with van der Waals surface area (Å²) >= 11 is 0. The van der Waals surface area contributed by atoms with E-state index in [-0.39, 0.29) is 5.91 Å². The minimum Gasteiger partial charge on any atom is -0.342 e. The van der Waals surface area contributed by atoms with Crippen LogP contribution in [0.1, 0.15) is 26.2 Å². The molecule has 1 saturated heterocycles. The van der Waals surface area contributed by atoms with Crippen molar-refractivity contribution in [2.24, 2.45) is 0 Å². The number of carbonyl (C=O) groups excluding carboxylic acids is 1. The topological polar surface area (TPSA) is 32.3 Å². The number of hydrogen-bond donors (Lipinski definition) is 1. The van der Waals surface area contributed by atoms with Crippen LogP contribution in [-0.4, -0.2) is 37.0 Å². The molecule has 0 bridgehead atoms. The lowest BCUT2D eigenvalue weighted by atomic mass is 10.1. The fourth-order valence-electron chi connectivity index (χ4n) is 1.62. The third kappa shape index (κ3) is 2.21. The van der Waals surface area contributed by atoms with Crippen LogP contribution in [0.5, 0.6) is 0 Å². The Kier molecular flexibility index (Phi) is 3.53. The van der Waals surface area contributed by atoms with Gasteiger partial charge in [0.05, 0.1) is 0 Å². The van der Waals surface area contributed by atoms with E-state index in [1.54, 1.807) is 0 Å². The zero-order valence-corrected chi connectivity index (χ0v) is 7.97. The minimum atomic E-state index is 0.253. The molecule has 1 aliphatic rings. The highest BCUT2D eigenvalue weighted by atomic mass is 16.2. The van der Waals surface area contributed by atoms with Crippen LogP contribution in [0.3, 0.4) is 0 Å². The summed E-state index contributed by atoms with van der Waals surface area (Å²) in [5.74, 6) is 0.253. The first-order chi connectivity index (χ1) is 5.75. The maximum atomic E-state index is 11.3. The number of rotatable bonds is 2. The predicted molar refractivity (Wildman–Crippen MR) is 49.0 cm³/mol. The molecule has 3 heteroatoms. The van der Waals surface area contributed by atoms with Crippen molar-refractivity contribution in [2.75, 3.05) is 20.1 Å². The van der Waals surface area contributed by atoms with E-state index in [2.05, 4.69) is 5.32 Å². The highest BCUT2D eigenvalue weighted by Crippen LogP contribution is 2.09. The summed E-state index contributed by atoms with van der Waals surface area (Å²) < 4.78 is 0. The Morgan fingerprint density at radius 1 is 1.67 bits per heavy atom. The summed E-state index contributed by atoms with van der Waals surface area (Å²) in [5, 5.41) is 3.30. The lowest BCUT2D eigenvalue weighted by Crippen LogP contribution is -2.46. The molecule has 0 aromatic rings. The van der Waals surface area contributed by atoms with Crippen molar-refractivity contribution in [3.63, 3.8) is 0 Å². The fourth-order valence-corrected chi connectivity index (χ4v) is 1.62. The smallest absolute Gasteiger partial charge is 0.222 e. The molecule has 0 radical (unpaired) electrons. The van der Waals surface area contributed by atoms with Crippen molar-refractivity contribution in [1.82, 2.24) is 10.2 Å². The highest BCUT2D eigenvalue weighted by molar-refractivity contribution is 5.75. The molecule has 1 N–H and O–H groups in total. The Bertz CT molecular complexity index is 153. The van der Waals surface area contributed by atoms with Crippen LogP contribution < -0.4 is 5.32 Å². The number of nitrogens with one attached hydrogen (secondary N) is 1. The van der Waals surface area contributed by atoms with E-state index < -0.39 is 0 Å². The van der Waals surface area contributed by atoms with Crippen LogP contribution in [0, 0.1) is 0 Å². The van der Waals surface area contributed by atoms with Gasteiger partial charge in [0.2, 0.25) is 5.91 Å². The van der Waals surface area contributed by atoms with Crippen LogP contribution in [0.2, 0.25) is 0 Å². The van der Waals surface area contributed by atoms with Gasteiger partial charge >= 0.3 is 0 Å². The largest absolute Gasteiger partial charge is 0.342 e. The van der Waals surface area contributed by atoms with Crippen LogP contribution in [0.4, 0.5) is 0 Å². The maximum Gasteiger partial charge on any atom is 0.222 e. The van der Waals surface area contributed by atoms with Gasteiger partial charge in [-0.25, -0.2) is 0 Å². The van der Waals surface area contributed by atoms with E-state index in [4.69, 9.17) is 0 Å². The van der Waals surface area contributed by atoms with Crippen LogP contribution in [0.25, 0.3) is 0 Å². The van der Waals surface area contributed by atoms with E-state index in [1.807, 2.05) is 18.9 Å². The third-order valence-corrected chi connectivity index (χ3v) is 2.51. The van der Waals surface area contributed by atoms with E-state index in [0.717, 1.165) is 19.5 Å². The van der Waals surface area contributed by atoms with Gasteiger partial charge in [-0.05, 0) is 19.4 Å². The Hall–Kier alpha value is -0.570. The number of likely N-dealkylation sites (N-methyl/N-ethyl adjacent to an activating group) is 1. The summed E-state index contributed by atoms with van der Waals surface area (Å²) in [6.07, 6.45) is 2.95. The van der Waals surface area contributed by atoms with Gasteiger partial charge in [0, 0.05) is 26.1 Å². The van der Waals surface area contributed by atoms with Crippen molar-refractivity contribution < 1.29 is 4.79 Å². The van der Waals surface area contributed by atoms with Gasteiger partial charge in [-0.2, -0.15) is 0 Å². The monoisotopic (exact) mass is 170 g/mol. The second-order valence-corrected chi connectivity index (χ2v) is 3.36. The number of carbonyl (C=O) groups is 1. The van der Waals surface area contributed by atoms with Crippen molar-refractivity contribution in [3.05, 3.63) is 0 Å². The first kappa shape index (κ1) is 9.52. The summed E-state index contributed by atoms with van der Waals surface area (Å²) in [6.45, 7) is 3.97. The lowest BCUT2D eigenvalue weighted by Gasteiger charge is -2.31. The van der Waals surface area contributed by atoms with Crippen molar-refractivity contribution in [1.29, 1.82) is 0 Å². The van der Waals surface area contributed by atoms with Gasteiger partial charge in [0.25, 0.3) is 0 Å². The van der Waals surface area contributed by atoms with Gasteiger partial charge < -0.3 is 10.2 Å². The van der Waals surface area contributed by atoms with Gasteiger partial charge in [-0.15, -0.1) is 0 Å². The van der Waals surface area contributed by atoms with E-state index in [9.17, 15) is 4.79 Å². The molecule has 1 fully saturated rings. The first-order valence-corrected chi connectivity index (χ1v) is 4.72. The summed E-state index contributed by atoms with van der Waals surface area (Å²) in [4.78, 5) is 13.2. The zero-order valence-electron chi connectivity index (χ0n) is 7.97. The molecule has 1 rings (SSSR count). The van der Waals surface area contributed by atoms with Crippen LogP contribution >= 0.6 is 0 Å². The molecule has 1 aliphatic heterocycles. The summed E-state index contributed by atoms with van der Waals surface area (Å²) in [7, 11) is 1.91. The van der Waals surface area contributed by atoms with Gasteiger partial charge in [-0.1, -0.05) is 6.92 Å². The number of nitrogens with zero attached hydrogens (tertiary/aromatic N) is 1. The average Bonchev–Trinajstić information content (AvgIpc) is 2.17. The maximum absolute atomic E-state index is 11.3. The molecule has 0 saturated carbocycles. The highest BCUT2D eigenvalue weighted by Gasteiger charge is 2.20. The van der Waals surface area contributed by atoms with Crippen LogP contribution in [-0.2, 0) is 4.79 Å². The van der Waals surface area contributed by atoms with Crippen LogP contribution in [0.15, 0.2) is 0 Å². The Morgan fingerprint density at radius 3 is 2.92 bits per heavy atom. The number of hydrogen-bond acceptors (Lipinski definition) is 2. The van der Waals surface area contributed by atoms with Gasteiger partial charge in [0.1, 0.15) is 0 Å². The Balaban J connectivity index is 2.39. The van der Waals surface area contributed by atoms with E-state index in [0.29, 0.717) is 12.5 Å². The molecule has 1 heterocycles. The van der Waals surface area contributed by atoms with Crippen molar-refractivity contribution >= 4 is 5.91 Å². The third-order valence-electron chi connectivity index (χ3n) is 2.51. The number of piperidine rings is 1. The molecule has 3 nitrogen and oxygen atoms in total. The average molecular weight is 170 g/mol. The second-order valence-electron chi connectivity index (χ2n) is 3.36. The molecular weight excluding hydrogens is 152 g/mol. The standard InChI is InChI=1S/C9H18N2O/c1-3-9(12)11(2)8-5-4-6-10-7-8/h8,10H,3-7H2,1-2H3. The van der Waals surface area contributed by atoms with Crippen molar-refractivity contribution in [3.8, 4) is 0 Å². The molecule has 0 aromatic carbocycles. The zero-order chi connectivity index (χ0) is 8.97. The molecule has 70 valence electrons. The normalized spacial score (nSPS) is 23.7. The molecule has 1 unspecified atom stereocenters. The second kappa shape index (κ2) is 4.45. The summed E-state index contributed by atoms with van der Waals surface area (Å²) in [6, 6.07) is 0.422. The lowest BCUT2D eigenvalue weighted by molar-refractivity contribution is -0.131. The molecule has 0 aromatic heterocycles. The molecule has 0 aliphatic carbocycles. The minimum absolute atomic E-state index is 0.253. The molecule has 1 atom stereocenters. The van der Waals surface area contributed by atoms with Gasteiger partial charge in [-0.3, -0.25) is 4.79 Å². The van der Waals surface area contributed by atoms with E-state index >= 15 is 0 Å². The molecule has 0 spiro atoms. The number of amides is 1. The Labute approximate surface area is 74.1 Å². The molecule has 1 amide bonds. The first-order valence-electron chi connectivity index (χ1n) is 4.72. The van der Waals surface area contributed by atoms with Crippen molar-refractivity contribution in [2.45, 2.75) is 32.2 Å². The predicted octanol–water partition coefficient (Wildman–Crippen LogP) is 0.607. The molecule has 12 heavy (non-hydrogen) atoms. The fraction of sp³-hybridized carbons (Fsp3) is 0.889. The molecular formula is C9H18N2O. The Morgan fingerprint density at radius 2 is 2.42 bits per heavy atom. The quantitative estimate of drug-likeness (QED) is 0.658. The van der Waals surface area contributed by atoms with E-state index in [1.165, 1.54) is 6.42 Å².